The second-order valence-corrected chi connectivity index (χ2v) is 8.28. The molecule has 2 aromatic carbocycles. The van der Waals surface area contributed by atoms with Crippen LogP contribution < -0.4 is 15.4 Å². The van der Waals surface area contributed by atoms with Gasteiger partial charge in [0.1, 0.15) is 5.75 Å². The smallest absolute Gasteiger partial charge is 0.234 e. The Morgan fingerprint density at radius 3 is 2.75 bits per heavy atom. The fourth-order valence-corrected chi connectivity index (χ4v) is 4.12. The van der Waals surface area contributed by atoms with Crippen LogP contribution in [0.4, 0.5) is 16.5 Å². The Balaban J connectivity index is 1.55. The van der Waals surface area contributed by atoms with Crippen LogP contribution >= 0.6 is 23.1 Å². The lowest BCUT2D eigenvalue weighted by Gasteiger charge is -2.10. The van der Waals surface area contributed by atoms with Crippen molar-refractivity contribution in [3.63, 3.8) is 0 Å². The quantitative estimate of drug-likeness (QED) is 0.504. The van der Waals surface area contributed by atoms with E-state index < -0.39 is 0 Å². The number of rotatable bonds is 8. The Bertz CT molecular complexity index is 959. The number of aryl methyl sites for hydroxylation is 2. The summed E-state index contributed by atoms with van der Waals surface area (Å²) in [6.45, 7) is 6.57. The summed E-state index contributed by atoms with van der Waals surface area (Å²) in [5.41, 5.74) is 4.04. The number of anilines is 3. The zero-order chi connectivity index (χ0) is 19.9. The molecule has 0 aliphatic heterocycles. The largest absolute Gasteiger partial charge is 0.492 e. The summed E-state index contributed by atoms with van der Waals surface area (Å²) in [7, 11) is 0. The van der Waals surface area contributed by atoms with Crippen LogP contribution in [0, 0.1) is 13.8 Å². The highest BCUT2D eigenvalue weighted by Crippen LogP contribution is 2.29. The third kappa shape index (κ3) is 5.46. The van der Waals surface area contributed by atoms with Gasteiger partial charge in [-0.2, -0.15) is 0 Å². The van der Waals surface area contributed by atoms with Crippen molar-refractivity contribution in [1.29, 1.82) is 0 Å². The first-order chi connectivity index (χ1) is 13.5. The number of para-hydroxylation sites is 2. The molecular formula is C20H22N4O2S2. The van der Waals surface area contributed by atoms with Crippen LogP contribution in [0.1, 0.15) is 18.1 Å². The summed E-state index contributed by atoms with van der Waals surface area (Å²) >= 11 is 2.78. The maximum atomic E-state index is 12.3. The number of nitrogens with zero attached hydrogens (tertiary/aromatic N) is 2. The number of nitrogens with one attached hydrogen (secondary N) is 2. The minimum Gasteiger partial charge on any atom is -0.492 e. The van der Waals surface area contributed by atoms with Crippen molar-refractivity contribution in [2.75, 3.05) is 23.0 Å². The molecular weight excluding hydrogens is 392 g/mol. The molecule has 0 unspecified atom stereocenters. The van der Waals surface area contributed by atoms with Crippen LogP contribution in [-0.2, 0) is 4.79 Å². The van der Waals surface area contributed by atoms with Crippen molar-refractivity contribution in [1.82, 2.24) is 10.2 Å². The molecule has 0 aliphatic carbocycles. The SMILES string of the molecule is CCOc1ccccc1NC(=O)CSc1nnc(Nc2ccc(C)cc2C)s1. The molecule has 0 bridgehead atoms. The number of ether oxygens (including phenoxy) is 1. The molecule has 146 valence electrons. The van der Waals surface area contributed by atoms with E-state index in [-0.39, 0.29) is 11.7 Å². The number of benzene rings is 2. The number of hydrogen-bond acceptors (Lipinski definition) is 7. The second-order valence-electron chi connectivity index (χ2n) is 6.08. The van der Waals surface area contributed by atoms with Gasteiger partial charge in [0, 0.05) is 5.69 Å². The molecule has 0 atom stereocenters. The van der Waals surface area contributed by atoms with Crippen LogP contribution in [0.15, 0.2) is 46.8 Å². The molecule has 0 saturated heterocycles. The van der Waals surface area contributed by atoms with E-state index in [9.17, 15) is 4.79 Å². The van der Waals surface area contributed by atoms with E-state index in [4.69, 9.17) is 4.74 Å². The summed E-state index contributed by atoms with van der Waals surface area (Å²) in [6, 6.07) is 13.6. The van der Waals surface area contributed by atoms with Crippen LogP contribution in [0.25, 0.3) is 0 Å². The second kappa shape index (κ2) is 9.57. The highest BCUT2D eigenvalue weighted by molar-refractivity contribution is 8.01. The Morgan fingerprint density at radius 2 is 1.96 bits per heavy atom. The van der Waals surface area contributed by atoms with Gasteiger partial charge in [0.05, 0.1) is 18.0 Å². The minimum atomic E-state index is -0.115. The van der Waals surface area contributed by atoms with E-state index >= 15 is 0 Å². The molecule has 3 aromatic rings. The van der Waals surface area contributed by atoms with E-state index in [1.807, 2.05) is 37.3 Å². The molecule has 3 rings (SSSR count). The normalized spacial score (nSPS) is 10.5. The standard InChI is InChI=1S/C20H22N4O2S2/c1-4-26-17-8-6-5-7-16(17)21-18(25)12-27-20-24-23-19(28-20)22-15-10-9-13(2)11-14(15)3/h5-11H,4,12H2,1-3H3,(H,21,25)(H,22,23). The Labute approximate surface area is 172 Å². The maximum Gasteiger partial charge on any atom is 0.234 e. The molecule has 0 saturated carbocycles. The molecule has 0 radical (unpaired) electrons. The van der Waals surface area contributed by atoms with Crippen molar-refractivity contribution in [3.05, 3.63) is 53.6 Å². The lowest BCUT2D eigenvalue weighted by molar-refractivity contribution is -0.113. The fourth-order valence-electron chi connectivity index (χ4n) is 2.55. The van der Waals surface area contributed by atoms with E-state index in [0.29, 0.717) is 23.2 Å². The molecule has 2 N–H and O–H groups in total. The Morgan fingerprint density at radius 1 is 1.14 bits per heavy atom. The van der Waals surface area contributed by atoms with Gasteiger partial charge in [0.2, 0.25) is 11.0 Å². The van der Waals surface area contributed by atoms with Crippen molar-refractivity contribution in [2.24, 2.45) is 0 Å². The molecule has 0 aliphatic rings. The summed E-state index contributed by atoms with van der Waals surface area (Å²) in [5, 5.41) is 15.2. The average Bonchev–Trinajstić information content (AvgIpc) is 3.12. The predicted octanol–water partition coefficient (Wildman–Crippen LogP) is 5.03. The molecule has 6 nitrogen and oxygen atoms in total. The van der Waals surface area contributed by atoms with Crippen LogP contribution in [0.3, 0.4) is 0 Å². The molecule has 28 heavy (non-hydrogen) atoms. The molecule has 8 heteroatoms. The number of amides is 1. The van der Waals surface area contributed by atoms with Gasteiger partial charge in [-0.25, -0.2) is 0 Å². The number of hydrogen-bond donors (Lipinski definition) is 2. The number of aromatic nitrogens is 2. The third-order valence-electron chi connectivity index (χ3n) is 3.82. The Hall–Kier alpha value is -2.58. The van der Waals surface area contributed by atoms with Crippen molar-refractivity contribution >= 4 is 45.5 Å². The van der Waals surface area contributed by atoms with Crippen molar-refractivity contribution < 1.29 is 9.53 Å². The van der Waals surface area contributed by atoms with Crippen LogP contribution in [0.2, 0.25) is 0 Å². The first-order valence-corrected chi connectivity index (χ1v) is 10.7. The summed E-state index contributed by atoms with van der Waals surface area (Å²) in [4.78, 5) is 12.3. The van der Waals surface area contributed by atoms with Gasteiger partial charge >= 0.3 is 0 Å². The first-order valence-electron chi connectivity index (χ1n) is 8.87. The van der Waals surface area contributed by atoms with Gasteiger partial charge in [0.25, 0.3) is 0 Å². The highest BCUT2D eigenvalue weighted by atomic mass is 32.2. The lowest BCUT2D eigenvalue weighted by Crippen LogP contribution is -2.14. The lowest BCUT2D eigenvalue weighted by atomic mass is 10.1. The summed E-state index contributed by atoms with van der Waals surface area (Å²) < 4.78 is 6.26. The van der Waals surface area contributed by atoms with Gasteiger partial charge in [0.15, 0.2) is 4.34 Å². The van der Waals surface area contributed by atoms with E-state index in [0.717, 1.165) is 15.6 Å². The average molecular weight is 415 g/mol. The topological polar surface area (TPSA) is 76.1 Å². The Kier molecular flexibility index (Phi) is 6.89. The van der Waals surface area contributed by atoms with E-state index in [1.165, 1.54) is 28.7 Å². The number of carbonyl (C=O) groups is 1. The van der Waals surface area contributed by atoms with Gasteiger partial charge in [-0.1, -0.05) is 52.9 Å². The van der Waals surface area contributed by atoms with Crippen molar-refractivity contribution in [2.45, 2.75) is 25.1 Å². The predicted molar refractivity (Wildman–Crippen MR) is 116 cm³/mol. The molecule has 1 amide bonds. The monoisotopic (exact) mass is 414 g/mol. The molecule has 1 heterocycles. The summed E-state index contributed by atoms with van der Waals surface area (Å²) in [5.74, 6) is 0.800. The molecule has 1 aromatic heterocycles. The van der Waals surface area contributed by atoms with Crippen LogP contribution in [0.5, 0.6) is 5.75 Å². The van der Waals surface area contributed by atoms with Gasteiger partial charge in [-0.15, -0.1) is 10.2 Å². The summed E-state index contributed by atoms with van der Waals surface area (Å²) in [6.07, 6.45) is 0. The highest BCUT2D eigenvalue weighted by Gasteiger charge is 2.11. The molecule has 0 spiro atoms. The van der Waals surface area contributed by atoms with Gasteiger partial charge in [-0.3, -0.25) is 4.79 Å². The van der Waals surface area contributed by atoms with Crippen molar-refractivity contribution in [3.8, 4) is 5.75 Å². The van der Waals surface area contributed by atoms with E-state index in [1.54, 1.807) is 0 Å². The minimum absolute atomic E-state index is 0.115. The maximum absolute atomic E-state index is 12.3. The van der Waals surface area contributed by atoms with Gasteiger partial charge in [-0.05, 0) is 44.5 Å². The fraction of sp³-hybridized carbons (Fsp3) is 0.250. The first kappa shape index (κ1) is 20.2. The zero-order valence-electron chi connectivity index (χ0n) is 16.0. The number of thioether (sulfide) groups is 1. The zero-order valence-corrected chi connectivity index (χ0v) is 17.6. The van der Waals surface area contributed by atoms with Gasteiger partial charge < -0.3 is 15.4 Å². The van der Waals surface area contributed by atoms with E-state index in [2.05, 4.69) is 46.8 Å². The number of carbonyl (C=O) groups excluding carboxylic acids is 1. The third-order valence-corrected chi connectivity index (χ3v) is 5.79. The molecule has 0 fully saturated rings. The van der Waals surface area contributed by atoms with Crippen LogP contribution in [-0.4, -0.2) is 28.5 Å².